The number of benzene rings is 2. The van der Waals surface area contributed by atoms with E-state index in [9.17, 15) is 18.0 Å². The van der Waals surface area contributed by atoms with Gasteiger partial charge >= 0.3 is 0 Å². The third-order valence-corrected chi connectivity index (χ3v) is 6.27. The molecule has 0 bridgehead atoms. The minimum absolute atomic E-state index is 0.175. The van der Waals surface area contributed by atoms with E-state index < -0.39 is 34.1 Å². The van der Waals surface area contributed by atoms with Gasteiger partial charge in [0.1, 0.15) is 12.6 Å². The summed E-state index contributed by atoms with van der Waals surface area (Å²) in [7, 11) is -3.75. The van der Waals surface area contributed by atoms with Crippen LogP contribution < -0.4 is 9.62 Å². The Morgan fingerprint density at radius 3 is 2.22 bits per heavy atom. The SMILES string of the molecule is C[C@H](C(=O)NC(C)(C)C)N(Cc1ccccc1)C(=O)CN(c1cccc(Br)c1)S(C)(=O)=O. The Labute approximate surface area is 199 Å². The first-order valence-electron chi connectivity index (χ1n) is 10.2. The average molecular weight is 524 g/mol. The molecule has 0 aliphatic heterocycles. The molecule has 9 heteroatoms. The van der Waals surface area contributed by atoms with E-state index in [0.717, 1.165) is 16.1 Å². The summed E-state index contributed by atoms with van der Waals surface area (Å²) in [6, 6.07) is 15.2. The molecule has 0 radical (unpaired) electrons. The summed E-state index contributed by atoms with van der Waals surface area (Å²) in [5, 5.41) is 2.89. The first kappa shape index (κ1) is 25.9. The number of nitrogens with zero attached hydrogens (tertiary/aromatic N) is 2. The lowest BCUT2D eigenvalue weighted by atomic mass is 10.1. The van der Waals surface area contributed by atoms with Gasteiger partial charge in [0.05, 0.1) is 11.9 Å². The van der Waals surface area contributed by atoms with Crippen molar-refractivity contribution in [1.29, 1.82) is 0 Å². The summed E-state index contributed by atoms with van der Waals surface area (Å²) in [4.78, 5) is 27.7. The van der Waals surface area contributed by atoms with E-state index in [1.807, 2.05) is 51.1 Å². The Kier molecular flexibility index (Phi) is 8.47. The highest BCUT2D eigenvalue weighted by Crippen LogP contribution is 2.23. The fraction of sp³-hybridized carbons (Fsp3) is 0.391. The number of anilines is 1. The van der Waals surface area contributed by atoms with Gasteiger partial charge in [-0.2, -0.15) is 0 Å². The Bertz CT molecular complexity index is 1050. The van der Waals surface area contributed by atoms with Crippen LogP contribution in [0.1, 0.15) is 33.3 Å². The highest BCUT2D eigenvalue weighted by atomic mass is 79.9. The molecule has 0 aromatic heterocycles. The van der Waals surface area contributed by atoms with Crippen LogP contribution in [0.25, 0.3) is 0 Å². The molecule has 0 unspecified atom stereocenters. The van der Waals surface area contributed by atoms with Crippen LogP contribution in [0, 0.1) is 0 Å². The van der Waals surface area contributed by atoms with E-state index in [4.69, 9.17) is 0 Å². The topological polar surface area (TPSA) is 86.8 Å². The summed E-state index contributed by atoms with van der Waals surface area (Å²) in [6.07, 6.45) is 1.05. The molecule has 1 N–H and O–H groups in total. The monoisotopic (exact) mass is 523 g/mol. The number of hydrogen-bond donors (Lipinski definition) is 1. The zero-order chi connectivity index (χ0) is 24.1. The fourth-order valence-corrected chi connectivity index (χ4v) is 4.31. The highest BCUT2D eigenvalue weighted by Gasteiger charge is 2.31. The molecule has 0 saturated carbocycles. The standard InChI is InChI=1S/C23H30BrN3O4S/c1-17(22(29)25-23(2,3)4)26(15-18-10-7-6-8-11-18)21(28)16-27(32(5,30)31)20-13-9-12-19(24)14-20/h6-14,17H,15-16H2,1-5H3,(H,25,29)/t17-/m1/s1. The molecule has 0 saturated heterocycles. The Morgan fingerprint density at radius 2 is 1.69 bits per heavy atom. The predicted molar refractivity (Wildman–Crippen MR) is 131 cm³/mol. The van der Waals surface area contributed by atoms with Gasteiger partial charge in [-0.1, -0.05) is 52.3 Å². The third kappa shape index (κ3) is 7.63. The molecule has 0 heterocycles. The van der Waals surface area contributed by atoms with Crippen LogP contribution >= 0.6 is 15.9 Å². The third-order valence-electron chi connectivity index (χ3n) is 4.64. The van der Waals surface area contributed by atoms with Crippen LogP contribution in [-0.4, -0.2) is 49.5 Å². The van der Waals surface area contributed by atoms with Crippen molar-refractivity contribution >= 4 is 43.5 Å². The lowest BCUT2D eigenvalue weighted by Gasteiger charge is -2.33. The molecule has 32 heavy (non-hydrogen) atoms. The maximum atomic E-state index is 13.4. The molecule has 174 valence electrons. The van der Waals surface area contributed by atoms with Gasteiger partial charge in [-0.15, -0.1) is 0 Å². The van der Waals surface area contributed by atoms with Gasteiger partial charge in [0, 0.05) is 16.6 Å². The fourth-order valence-electron chi connectivity index (χ4n) is 3.08. The van der Waals surface area contributed by atoms with Crippen molar-refractivity contribution in [1.82, 2.24) is 10.2 Å². The summed E-state index contributed by atoms with van der Waals surface area (Å²) in [5.41, 5.74) is 0.730. The van der Waals surface area contributed by atoms with E-state index in [2.05, 4.69) is 21.2 Å². The molecule has 2 aromatic carbocycles. The van der Waals surface area contributed by atoms with Gasteiger partial charge in [-0.3, -0.25) is 13.9 Å². The molecular formula is C23H30BrN3O4S. The lowest BCUT2D eigenvalue weighted by Crippen LogP contribution is -2.54. The number of nitrogens with one attached hydrogen (secondary N) is 1. The molecule has 0 aliphatic rings. The van der Waals surface area contributed by atoms with Crippen molar-refractivity contribution in [3.05, 3.63) is 64.6 Å². The molecule has 0 spiro atoms. The highest BCUT2D eigenvalue weighted by molar-refractivity contribution is 9.10. The minimum Gasteiger partial charge on any atom is -0.350 e. The largest absolute Gasteiger partial charge is 0.350 e. The second-order valence-electron chi connectivity index (χ2n) is 8.67. The van der Waals surface area contributed by atoms with Crippen molar-refractivity contribution in [3.8, 4) is 0 Å². The second-order valence-corrected chi connectivity index (χ2v) is 11.5. The number of amides is 2. The zero-order valence-electron chi connectivity index (χ0n) is 19.0. The van der Waals surface area contributed by atoms with E-state index >= 15 is 0 Å². The van der Waals surface area contributed by atoms with Crippen LogP contribution in [0.4, 0.5) is 5.69 Å². The predicted octanol–water partition coefficient (Wildman–Crippen LogP) is 3.55. The van der Waals surface area contributed by atoms with Crippen molar-refractivity contribution < 1.29 is 18.0 Å². The number of halogens is 1. The minimum atomic E-state index is -3.75. The summed E-state index contributed by atoms with van der Waals surface area (Å²) in [6.45, 7) is 6.98. The zero-order valence-corrected chi connectivity index (χ0v) is 21.4. The van der Waals surface area contributed by atoms with E-state index in [0.29, 0.717) is 10.2 Å². The smallest absolute Gasteiger partial charge is 0.244 e. The van der Waals surface area contributed by atoms with Crippen molar-refractivity contribution in [2.45, 2.75) is 45.8 Å². The quantitative estimate of drug-likeness (QED) is 0.573. The van der Waals surface area contributed by atoms with Crippen LogP contribution in [0.5, 0.6) is 0 Å². The molecule has 0 fully saturated rings. The lowest BCUT2D eigenvalue weighted by molar-refractivity contribution is -0.140. The summed E-state index contributed by atoms with van der Waals surface area (Å²) >= 11 is 3.34. The van der Waals surface area contributed by atoms with Crippen molar-refractivity contribution in [2.24, 2.45) is 0 Å². The molecule has 2 rings (SSSR count). The van der Waals surface area contributed by atoms with E-state index in [1.54, 1.807) is 31.2 Å². The average Bonchev–Trinajstić information content (AvgIpc) is 2.68. The van der Waals surface area contributed by atoms with Crippen LogP contribution in [0.3, 0.4) is 0 Å². The molecule has 0 aliphatic carbocycles. The number of hydrogen-bond acceptors (Lipinski definition) is 4. The summed E-state index contributed by atoms with van der Waals surface area (Å²) < 4.78 is 26.8. The van der Waals surface area contributed by atoms with Crippen LogP contribution in [0.15, 0.2) is 59.1 Å². The molecule has 7 nitrogen and oxygen atoms in total. The number of carbonyl (C=O) groups is 2. The van der Waals surface area contributed by atoms with Crippen LogP contribution in [0.2, 0.25) is 0 Å². The van der Waals surface area contributed by atoms with Crippen LogP contribution in [-0.2, 0) is 26.2 Å². The maximum absolute atomic E-state index is 13.4. The van der Waals surface area contributed by atoms with Crippen molar-refractivity contribution in [3.63, 3.8) is 0 Å². The Morgan fingerprint density at radius 1 is 1.06 bits per heavy atom. The molecule has 2 amide bonds. The van der Waals surface area contributed by atoms with Gasteiger partial charge in [-0.05, 0) is 51.5 Å². The number of carbonyl (C=O) groups excluding carboxylic acids is 2. The van der Waals surface area contributed by atoms with E-state index in [1.165, 1.54) is 4.90 Å². The summed E-state index contributed by atoms with van der Waals surface area (Å²) in [5.74, 6) is -0.786. The van der Waals surface area contributed by atoms with Gasteiger partial charge < -0.3 is 10.2 Å². The first-order chi connectivity index (χ1) is 14.8. The second kappa shape index (κ2) is 10.5. The number of rotatable bonds is 8. The molecule has 1 atom stereocenters. The van der Waals surface area contributed by atoms with Gasteiger partial charge in [0.2, 0.25) is 21.8 Å². The normalized spacial score (nSPS) is 12.7. The van der Waals surface area contributed by atoms with Crippen molar-refractivity contribution in [2.75, 3.05) is 17.1 Å². The van der Waals surface area contributed by atoms with E-state index in [-0.39, 0.29) is 12.5 Å². The Hall–Kier alpha value is -2.39. The number of sulfonamides is 1. The van der Waals surface area contributed by atoms with Gasteiger partial charge in [-0.25, -0.2) is 8.42 Å². The molecular weight excluding hydrogens is 494 g/mol. The van der Waals surface area contributed by atoms with Gasteiger partial charge in [0.25, 0.3) is 0 Å². The Balaban J connectivity index is 2.38. The maximum Gasteiger partial charge on any atom is 0.244 e. The van der Waals surface area contributed by atoms with Gasteiger partial charge in [0.15, 0.2) is 0 Å². The molecule has 2 aromatic rings. The first-order valence-corrected chi connectivity index (χ1v) is 12.8.